The van der Waals surface area contributed by atoms with Crippen LogP contribution in [0.25, 0.3) is 16.0 Å². The van der Waals surface area contributed by atoms with Crippen molar-refractivity contribution >= 4 is 22.8 Å². The number of fused-ring (bicyclic) bond motifs is 2. The second-order valence-corrected chi connectivity index (χ2v) is 10.3. The van der Waals surface area contributed by atoms with E-state index in [0.717, 1.165) is 28.1 Å². The van der Waals surface area contributed by atoms with Crippen molar-refractivity contribution in [2.75, 3.05) is 13.6 Å². The zero-order valence-electron chi connectivity index (χ0n) is 18.2. The quantitative estimate of drug-likeness (QED) is 0.574. The van der Waals surface area contributed by atoms with Gasteiger partial charge >= 0.3 is 5.97 Å². The molecule has 0 radical (unpaired) electrons. The van der Waals surface area contributed by atoms with E-state index in [4.69, 9.17) is 0 Å². The highest BCUT2D eigenvalue weighted by Gasteiger charge is 2.35. The second-order valence-electron chi connectivity index (χ2n) is 9.21. The van der Waals surface area contributed by atoms with E-state index in [1.807, 2.05) is 13.1 Å². The third kappa shape index (κ3) is 3.14. The smallest absolute Gasteiger partial charge is 0.341 e. The number of rotatable bonds is 4. The van der Waals surface area contributed by atoms with Crippen molar-refractivity contribution in [3.63, 3.8) is 0 Å². The standard InChI is InChI=1S/C24H27N3O3S/c1-12-14(13-5-6-13)7-8-27-20(12)16(9-17(22(27)28)23(29)30)19-10-15-18(25-4)11-26-24(2,3)21(15)31-19/h7-10,13,18,25-26H,5-6,11H2,1-4H3,(H,29,30). The van der Waals surface area contributed by atoms with Crippen molar-refractivity contribution in [3.05, 3.63) is 61.9 Å². The van der Waals surface area contributed by atoms with Gasteiger partial charge in [-0.1, -0.05) is 0 Å². The Morgan fingerprint density at radius 2 is 2.03 bits per heavy atom. The summed E-state index contributed by atoms with van der Waals surface area (Å²) in [6.07, 6.45) is 4.09. The van der Waals surface area contributed by atoms with Crippen molar-refractivity contribution in [1.82, 2.24) is 15.0 Å². The van der Waals surface area contributed by atoms with Gasteiger partial charge in [0.05, 0.1) is 5.52 Å². The van der Waals surface area contributed by atoms with E-state index in [9.17, 15) is 14.7 Å². The lowest BCUT2D eigenvalue weighted by atomic mass is 9.90. The van der Waals surface area contributed by atoms with Crippen molar-refractivity contribution in [2.24, 2.45) is 0 Å². The van der Waals surface area contributed by atoms with Crippen LogP contribution in [0.15, 0.2) is 29.2 Å². The first-order valence-electron chi connectivity index (χ1n) is 10.7. The van der Waals surface area contributed by atoms with Gasteiger partial charge in [0, 0.05) is 39.6 Å². The lowest BCUT2D eigenvalue weighted by molar-refractivity contribution is 0.0695. The molecule has 1 aliphatic heterocycles. The summed E-state index contributed by atoms with van der Waals surface area (Å²) in [4.78, 5) is 27.1. The molecule has 0 bridgehead atoms. The van der Waals surface area contributed by atoms with Gasteiger partial charge in [0.25, 0.3) is 5.56 Å². The van der Waals surface area contributed by atoms with Crippen LogP contribution in [0.4, 0.5) is 0 Å². The van der Waals surface area contributed by atoms with Gasteiger partial charge in [-0.3, -0.25) is 9.20 Å². The van der Waals surface area contributed by atoms with E-state index in [1.165, 1.54) is 33.2 Å². The van der Waals surface area contributed by atoms with Crippen LogP contribution in [0, 0.1) is 6.92 Å². The number of nitrogens with one attached hydrogen (secondary N) is 2. The zero-order valence-corrected chi connectivity index (χ0v) is 19.0. The molecule has 1 aliphatic carbocycles. The second kappa shape index (κ2) is 7.02. The molecule has 3 aromatic rings. The number of carbonyl (C=O) groups is 1. The van der Waals surface area contributed by atoms with Crippen LogP contribution in [-0.2, 0) is 5.54 Å². The number of hydrogen-bond donors (Lipinski definition) is 3. The lowest BCUT2D eigenvalue weighted by Crippen LogP contribution is -2.46. The molecule has 2 aliphatic rings. The normalized spacial score (nSPS) is 20.1. The van der Waals surface area contributed by atoms with E-state index in [-0.39, 0.29) is 17.1 Å². The lowest BCUT2D eigenvalue weighted by Gasteiger charge is -2.35. The van der Waals surface area contributed by atoms with Crippen LogP contribution >= 0.6 is 11.3 Å². The molecule has 3 aromatic heterocycles. The zero-order chi connectivity index (χ0) is 22.1. The average Bonchev–Trinajstić information content (AvgIpc) is 3.46. The predicted molar refractivity (Wildman–Crippen MR) is 123 cm³/mol. The molecule has 1 fully saturated rings. The van der Waals surface area contributed by atoms with Gasteiger partial charge in [0.2, 0.25) is 0 Å². The van der Waals surface area contributed by atoms with Crippen LogP contribution in [-0.4, -0.2) is 29.1 Å². The number of carboxylic acid groups (broad SMARTS) is 1. The molecular weight excluding hydrogens is 410 g/mol. The number of nitrogens with zero attached hydrogens (tertiary/aromatic N) is 1. The maximum atomic E-state index is 13.0. The highest BCUT2D eigenvalue weighted by molar-refractivity contribution is 7.16. The first-order valence-corrected chi connectivity index (χ1v) is 11.5. The maximum Gasteiger partial charge on any atom is 0.341 e. The predicted octanol–water partition coefficient (Wildman–Crippen LogP) is 4.01. The van der Waals surface area contributed by atoms with E-state index >= 15 is 0 Å². The van der Waals surface area contributed by atoms with Gasteiger partial charge in [-0.2, -0.15) is 0 Å². The average molecular weight is 438 g/mol. The molecule has 1 atom stereocenters. The van der Waals surface area contributed by atoms with Crippen molar-refractivity contribution in [3.8, 4) is 10.4 Å². The molecule has 0 spiro atoms. The molecule has 7 heteroatoms. The van der Waals surface area contributed by atoms with Crippen LogP contribution in [0.1, 0.15) is 70.6 Å². The summed E-state index contributed by atoms with van der Waals surface area (Å²) in [6, 6.07) is 5.93. The summed E-state index contributed by atoms with van der Waals surface area (Å²) >= 11 is 1.68. The number of thiophene rings is 1. The largest absolute Gasteiger partial charge is 0.477 e. The summed E-state index contributed by atoms with van der Waals surface area (Å²) in [5.74, 6) is -0.651. The molecule has 6 nitrogen and oxygen atoms in total. The number of carboxylic acids is 1. The van der Waals surface area contributed by atoms with Gasteiger partial charge in [0.15, 0.2) is 0 Å². The Morgan fingerprint density at radius 3 is 2.68 bits per heavy atom. The Labute approximate surface area is 184 Å². The topological polar surface area (TPSA) is 82.8 Å². The summed E-state index contributed by atoms with van der Waals surface area (Å²) < 4.78 is 1.53. The van der Waals surface area contributed by atoms with Gasteiger partial charge in [-0.05, 0) is 81.5 Å². The summed E-state index contributed by atoms with van der Waals surface area (Å²) in [6.45, 7) is 7.23. The number of pyridine rings is 2. The molecule has 1 unspecified atom stereocenters. The first-order chi connectivity index (χ1) is 14.7. The van der Waals surface area contributed by atoms with E-state index in [0.29, 0.717) is 5.92 Å². The Balaban J connectivity index is 1.83. The van der Waals surface area contributed by atoms with Crippen molar-refractivity contribution in [2.45, 2.75) is 51.1 Å². The Kier molecular flexibility index (Phi) is 4.62. The highest BCUT2D eigenvalue weighted by atomic mass is 32.1. The molecule has 1 saturated carbocycles. The molecule has 162 valence electrons. The van der Waals surface area contributed by atoms with Crippen LogP contribution in [0.3, 0.4) is 0 Å². The Hall–Kier alpha value is -2.48. The third-order valence-electron chi connectivity index (χ3n) is 6.74. The van der Waals surface area contributed by atoms with E-state index in [1.54, 1.807) is 23.6 Å². The number of hydrogen-bond acceptors (Lipinski definition) is 5. The molecule has 31 heavy (non-hydrogen) atoms. The molecule has 0 saturated heterocycles. The SMILES string of the molecule is CNC1CNC(C)(C)c2sc(-c3cc(C(=O)O)c(=O)n4ccc(C5CC5)c(C)c34)cc21. The van der Waals surface area contributed by atoms with Crippen LogP contribution in [0.2, 0.25) is 0 Å². The van der Waals surface area contributed by atoms with Crippen molar-refractivity contribution in [1.29, 1.82) is 0 Å². The maximum absolute atomic E-state index is 13.0. The summed E-state index contributed by atoms with van der Waals surface area (Å²) in [7, 11) is 1.96. The van der Waals surface area contributed by atoms with Gasteiger partial charge in [0.1, 0.15) is 5.56 Å². The van der Waals surface area contributed by atoms with E-state index in [2.05, 4.69) is 37.5 Å². The fraction of sp³-hybridized carbons (Fsp3) is 0.417. The number of aromatic carboxylic acids is 1. The first kappa shape index (κ1) is 20.4. The molecule has 0 amide bonds. The van der Waals surface area contributed by atoms with E-state index < -0.39 is 11.5 Å². The summed E-state index contributed by atoms with van der Waals surface area (Å²) in [5.41, 5.74) is 4.38. The fourth-order valence-corrected chi connectivity index (χ4v) is 6.16. The number of likely N-dealkylation sites (N-methyl/N-ethyl adjacent to an activating group) is 1. The van der Waals surface area contributed by atoms with Crippen molar-refractivity contribution < 1.29 is 9.90 Å². The minimum absolute atomic E-state index is 0.170. The third-order valence-corrected chi connectivity index (χ3v) is 8.25. The van der Waals surface area contributed by atoms with Crippen LogP contribution in [0.5, 0.6) is 0 Å². The Bertz CT molecular complexity index is 1280. The molecule has 3 N–H and O–H groups in total. The van der Waals surface area contributed by atoms with Gasteiger partial charge in [-0.25, -0.2) is 4.79 Å². The van der Waals surface area contributed by atoms with Gasteiger partial charge in [-0.15, -0.1) is 11.3 Å². The Morgan fingerprint density at radius 1 is 1.29 bits per heavy atom. The monoisotopic (exact) mass is 437 g/mol. The van der Waals surface area contributed by atoms with Crippen LogP contribution < -0.4 is 16.2 Å². The minimum Gasteiger partial charge on any atom is -0.477 e. The molecule has 0 aromatic carbocycles. The fourth-order valence-electron chi connectivity index (χ4n) is 4.84. The van der Waals surface area contributed by atoms with Gasteiger partial charge < -0.3 is 15.7 Å². The molecule has 4 heterocycles. The highest BCUT2D eigenvalue weighted by Crippen LogP contribution is 2.46. The molecule has 5 rings (SSSR count). The summed E-state index contributed by atoms with van der Waals surface area (Å²) in [5, 5.41) is 16.7. The minimum atomic E-state index is -1.19. The molecular formula is C24H27N3O3S. The number of aryl methyl sites for hydroxylation is 1. The number of aromatic nitrogens is 1.